The number of ether oxygens (including phenoxy) is 1. The first-order chi connectivity index (χ1) is 13.7. The van der Waals surface area contributed by atoms with E-state index in [2.05, 4.69) is 15.9 Å². The maximum absolute atomic E-state index is 12.6. The smallest absolute Gasteiger partial charge is 0.233 e. The molecule has 4 rings (SSSR count). The number of benzene rings is 1. The highest BCUT2D eigenvalue weighted by molar-refractivity contribution is 6.05. The van der Waals surface area contributed by atoms with E-state index in [0.717, 1.165) is 44.2 Å². The molecule has 2 amide bonds. The second-order valence-electron chi connectivity index (χ2n) is 7.71. The van der Waals surface area contributed by atoms with Gasteiger partial charge >= 0.3 is 0 Å². The van der Waals surface area contributed by atoms with Crippen molar-refractivity contribution in [3.8, 4) is 5.75 Å². The molecule has 150 valence electrons. The van der Waals surface area contributed by atoms with Crippen molar-refractivity contribution in [2.24, 2.45) is 11.8 Å². The molecule has 0 bridgehead atoms. The summed E-state index contributed by atoms with van der Waals surface area (Å²) in [4.78, 5) is 31.4. The van der Waals surface area contributed by atoms with Gasteiger partial charge in [0.15, 0.2) is 0 Å². The van der Waals surface area contributed by atoms with Crippen molar-refractivity contribution in [3.63, 3.8) is 0 Å². The number of rotatable bonds is 6. The molecule has 1 aliphatic carbocycles. The molecule has 0 spiro atoms. The molecule has 0 aromatic heterocycles. The van der Waals surface area contributed by atoms with Crippen LogP contribution in [-0.2, 0) is 9.59 Å². The Morgan fingerprint density at radius 1 is 0.929 bits per heavy atom. The summed E-state index contributed by atoms with van der Waals surface area (Å²) in [6.45, 7) is 7.61. The summed E-state index contributed by atoms with van der Waals surface area (Å²) < 4.78 is 5.76. The first kappa shape index (κ1) is 19.0. The molecule has 28 heavy (non-hydrogen) atoms. The van der Waals surface area contributed by atoms with Crippen LogP contribution >= 0.6 is 0 Å². The molecule has 2 saturated heterocycles. The Hall–Kier alpha value is -2.34. The normalized spacial score (nSPS) is 25.3. The third-order valence-electron chi connectivity index (χ3n) is 6.12. The summed E-state index contributed by atoms with van der Waals surface area (Å²) in [7, 11) is 0. The number of hydrogen-bond donors (Lipinski definition) is 0. The minimum atomic E-state index is -0.121. The lowest BCUT2D eigenvalue weighted by molar-refractivity contribution is -0.140. The van der Waals surface area contributed by atoms with Gasteiger partial charge in [-0.2, -0.15) is 0 Å². The number of anilines is 1. The zero-order valence-corrected chi connectivity index (χ0v) is 16.5. The van der Waals surface area contributed by atoms with Gasteiger partial charge in [-0.05, 0) is 31.9 Å². The van der Waals surface area contributed by atoms with Crippen LogP contribution in [0.15, 0.2) is 36.4 Å². The van der Waals surface area contributed by atoms with Crippen molar-refractivity contribution in [1.29, 1.82) is 0 Å². The lowest BCUT2D eigenvalue weighted by atomic mass is 9.85. The van der Waals surface area contributed by atoms with Gasteiger partial charge in [0.05, 0.1) is 24.1 Å². The van der Waals surface area contributed by atoms with Crippen molar-refractivity contribution in [1.82, 2.24) is 9.80 Å². The number of hydrogen-bond acceptors (Lipinski definition) is 5. The van der Waals surface area contributed by atoms with Crippen molar-refractivity contribution in [3.05, 3.63) is 36.4 Å². The van der Waals surface area contributed by atoms with Gasteiger partial charge in [0.2, 0.25) is 11.8 Å². The molecule has 2 aliphatic heterocycles. The van der Waals surface area contributed by atoms with E-state index in [1.54, 1.807) is 0 Å². The number of allylic oxidation sites excluding steroid dienone is 2. The maximum atomic E-state index is 12.6. The van der Waals surface area contributed by atoms with Crippen LogP contribution in [0.4, 0.5) is 5.69 Å². The standard InChI is InChI=1S/C22H29N3O3/c1-2-28-20-10-6-5-9-19(20)24-14-11-23(12-15-24)13-16-25-21(26)17-7-3-4-8-18(17)22(25)27/h3-6,9-10,17-18H,2,7-8,11-16H2,1H3. The van der Waals surface area contributed by atoms with E-state index in [4.69, 9.17) is 4.74 Å². The summed E-state index contributed by atoms with van der Waals surface area (Å²) >= 11 is 0. The molecule has 3 aliphatic rings. The van der Waals surface area contributed by atoms with Crippen molar-refractivity contribution in [2.45, 2.75) is 19.8 Å². The van der Waals surface area contributed by atoms with Gasteiger partial charge in [0.1, 0.15) is 5.75 Å². The van der Waals surface area contributed by atoms with Crippen LogP contribution in [0, 0.1) is 11.8 Å². The quantitative estimate of drug-likeness (QED) is 0.557. The summed E-state index contributed by atoms with van der Waals surface area (Å²) in [6, 6.07) is 8.17. The van der Waals surface area contributed by atoms with Crippen molar-refractivity contribution >= 4 is 17.5 Å². The Kier molecular flexibility index (Phi) is 5.67. The minimum Gasteiger partial charge on any atom is -0.492 e. The molecule has 6 heteroatoms. The molecular weight excluding hydrogens is 354 g/mol. The zero-order chi connectivity index (χ0) is 19.5. The summed E-state index contributed by atoms with van der Waals surface area (Å²) in [5.74, 6) is 0.754. The second kappa shape index (κ2) is 8.35. The van der Waals surface area contributed by atoms with Crippen LogP contribution in [0.3, 0.4) is 0 Å². The fourth-order valence-electron chi connectivity index (χ4n) is 4.54. The van der Waals surface area contributed by atoms with Crippen LogP contribution in [-0.4, -0.2) is 67.5 Å². The number of fused-ring (bicyclic) bond motifs is 1. The molecule has 2 fully saturated rings. The zero-order valence-electron chi connectivity index (χ0n) is 16.5. The largest absolute Gasteiger partial charge is 0.492 e. The Morgan fingerprint density at radius 2 is 1.57 bits per heavy atom. The lowest BCUT2D eigenvalue weighted by Gasteiger charge is -2.37. The van der Waals surface area contributed by atoms with Gasteiger partial charge in [-0.15, -0.1) is 0 Å². The van der Waals surface area contributed by atoms with Gasteiger partial charge in [0.25, 0.3) is 0 Å². The van der Waals surface area contributed by atoms with Gasteiger partial charge in [-0.25, -0.2) is 0 Å². The van der Waals surface area contributed by atoms with Gasteiger partial charge in [0, 0.05) is 39.3 Å². The number of nitrogens with zero attached hydrogens (tertiary/aromatic N) is 3. The molecule has 2 unspecified atom stereocenters. The summed E-state index contributed by atoms with van der Waals surface area (Å²) in [6.07, 6.45) is 5.50. The molecular formula is C22H29N3O3. The predicted molar refractivity (Wildman–Crippen MR) is 108 cm³/mol. The molecule has 0 N–H and O–H groups in total. The molecule has 1 aromatic carbocycles. The topological polar surface area (TPSA) is 53.1 Å². The highest BCUT2D eigenvalue weighted by atomic mass is 16.5. The van der Waals surface area contributed by atoms with E-state index >= 15 is 0 Å². The Morgan fingerprint density at radius 3 is 2.21 bits per heavy atom. The van der Waals surface area contributed by atoms with Crippen LogP contribution in [0.25, 0.3) is 0 Å². The Labute approximate surface area is 166 Å². The average Bonchev–Trinajstić information content (AvgIpc) is 2.98. The molecule has 0 radical (unpaired) electrons. The molecule has 0 saturated carbocycles. The second-order valence-corrected chi connectivity index (χ2v) is 7.71. The molecule has 1 aromatic rings. The van der Waals surface area contributed by atoms with E-state index in [-0.39, 0.29) is 23.7 Å². The number of imide groups is 1. The number of piperazine rings is 1. The predicted octanol–water partition coefficient (Wildman–Crippen LogP) is 2.16. The SMILES string of the molecule is CCOc1ccccc1N1CCN(CCN2C(=O)C3CC=CCC3C2=O)CC1. The van der Waals surface area contributed by atoms with Crippen LogP contribution in [0.1, 0.15) is 19.8 Å². The number of amides is 2. The minimum absolute atomic E-state index is 0.0311. The van der Waals surface area contributed by atoms with Crippen LogP contribution in [0.5, 0.6) is 5.75 Å². The van der Waals surface area contributed by atoms with E-state index in [0.29, 0.717) is 26.0 Å². The number of para-hydroxylation sites is 2. The van der Waals surface area contributed by atoms with E-state index in [1.165, 1.54) is 4.90 Å². The van der Waals surface area contributed by atoms with Gasteiger partial charge in [-0.3, -0.25) is 19.4 Å². The third-order valence-corrected chi connectivity index (χ3v) is 6.12. The van der Waals surface area contributed by atoms with Crippen molar-refractivity contribution < 1.29 is 14.3 Å². The highest BCUT2D eigenvalue weighted by Gasteiger charge is 2.46. The van der Waals surface area contributed by atoms with Crippen LogP contribution in [0.2, 0.25) is 0 Å². The maximum Gasteiger partial charge on any atom is 0.233 e. The first-order valence-corrected chi connectivity index (χ1v) is 10.4. The summed E-state index contributed by atoms with van der Waals surface area (Å²) in [5, 5.41) is 0. The Bertz CT molecular complexity index is 729. The molecule has 2 atom stereocenters. The first-order valence-electron chi connectivity index (χ1n) is 10.4. The van der Waals surface area contributed by atoms with Gasteiger partial charge < -0.3 is 9.64 Å². The number of carbonyl (C=O) groups is 2. The Balaban J connectivity index is 1.30. The third kappa shape index (κ3) is 3.65. The van der Waals surface area contributed by atoms with Crippen LogP contribution < -0.4 is 9.64 Å². The van der Waals surface area contributed by atoms with E-state index in [1.807, 2.05) is 37.3 Å². The fourth-order valence-corrected chi connectivity index (χ4v) is 4.54. The number of carbonyl (C=O) groups excluding carboxylic acids is 2. The fraction of sp³-hybridized carbons (Fsp3) is 0.545. The molecule has 2 heterocycles. The number of likely N-dealkylation sites (tertiary alicyclic amines) is 1. The average molecular weight is 383 g/mol. The van der Waals surface area contributed by atoms with Gasteiger partial charge in [-0.1, -0.05) is 24.3 Å². The molecule has 6 nitrogen and oxygen atoms in total. The monoisotopic (exact) mass is 383 g/mol. The van der Waals surface area contributed by atoms with Crippen molar-refractivity contribution in [2.75, 3.05) is 50.8 Å². The lowest BCUT2D eigenvalue weighted by Crippen LogP contribution is -2.49. The van der Waals surface area contributed by atoms with E-state index in [9.17, 15) is 9.59 Å². The summed E-state index contributed by atoms with van der Waals surface area (Å²) in [5.41, 5.74) is 1.14. The highest BCUT2D eigenvalue weighted by Crippen LogP contribution is 2.35. The van der Waals surface area contributed by atoms with E-state index < -0.39 is 0 Å².